The molecule has 2 nitrogen and oxygen atoms in total. The van der Waals surface area contributed by atoms with Crippen molar-refractivity contribution in [2.45, 2.75) is 32.2 Å². The number of nitrogens with two attached hydrogens (primary N) is 1. The third-order valence-electron chi connectivity index (χ3n) is 3.53. The zero-order valence-corrected chi connectivity index (χ0v) is 11.1. The van der Waals surface area contributed by atoms with Gasteiger partial charge in [-0.25, -0.2) is 0 Å². The summed E-state index contributed by atoms with van der Waals surface area (Å²) in [6.45, 7) is 4.60. The molecule has 1 aromatic heterocycles. The second kappa shape index (κ2) is 5.30. The predicted octanol–water partition coefficient (Wildman–Crippen LogP) is 2.27. The van der Waals surface area contributed by atoms with E-state index in [0.717, 1.165) is 5.92 Å². The third-order valence-corrected chi connectivity index (χ3v) is 4.61. The van der Waals surface area contributed by atoms with Crippen LogP contribution in [0.15, 0.2) is 11.4 Å². The molecule has 1 aliphatic carbocycles. The molecule has 0 radical (unpaired) electrons. The summed E-state index contributed by atoms with van der Waals surface area (Å²) in [4.78, 5) is 3.99. The third kappa shape index (κ3) is 3.06. The number of hydrogen-bond donors (Lipinski definition) is 1. The summed E-state index contributed by atoms with van der Waals surface area (Å²) in [6.07, 6.45) is 3.64. The Hall–Kier alpha value is -0.380. The van der Waals surface area contributed by atoms with Crippen LogP contribution < -0.4 is 5.73 Å². The highest BCUT2D eigenvalue weighted by molar-refractivity contribution is 7.10. The minimum Gasteiger partial charge on any atom is -0.328 e. The molecule has 2 rings (SSSR count). The van der Waals surface area contributed by atoms with Gasteiger partial charge in [-0.15, -0.1) is 11.3 Å². The molecule has 0 amide bonds. The van der Waals surface area contributed by atoms with Crippen LogP contribution in [0.4, 0.5) is 0 Å². The van der Waals surface area contributed by atoms with E-state index in [1.165, 1.54) is 42.8 Å². The molecule has 0 unspecified atom stereocenters. The number of nitrogens with zero attached hydrogens (tertiary/aromatic N) is 1. The van der Waals surface area contributed by atoms with Crippen molar-refractivity contribution in [1.82, 2.24) is 4.90 Å². The number of rotatable bonds is 5. The summed E-state index contributed by atoms with van der Waals surface area (Å²) in [7, 11) is 2.23. The van der Waals surface area contributed by atoms with Crippen LogP contribution in [0.2, 0.25) is 0 Å². The summed E-state index contributed by atoms with van der Waals surface area (Å²) in [5.41, 5.74) is 7.25. The Morgan fingerprint density at radius 3 is 2.81 bits per heavy atom. The van der Waals surface area contributed by atoms with Gasteiger partial charge in [0.2, 0.25) is 0 Å². The van der Waals surface area contributed by atoms with Gasteiger partial charge in [-0.2, -0.15) is 0 Å². The Bertz CT molecular complexity index is 328. The Labute approximate surface area is 102 Å². The molecule has 1 heterocycles. The molecule has 0 aliphatic heterocycles. The minimum absolute atomic E-state index is 0.484. The highest BCUT2D eigenvalue weighted by Gasteiger charge is 2.26. The van der Waals surface area contributed by atoms with E-state index in [0.29, 0.717) is 6.04 Å². The van der Waals surface area contributed by atoms with Gasteiger partial charge < -0.3 is 10.6 Å². The molecule has 90 valence electrons. The van der Waals surface area contributed by atoms with Crippen LogP contribution in [-0.2, 0) is 6.42 Å². The van der Waals surface area contributed by atoms with Crippen LogP contribution in [-0.4, -0.2) is 31.1 Å². The van der Waals surface area contributed by atoms with E-state index in [1.54, 1.807) is 0 Å². The average molecular weight is 238 g/mol. The van der Waals surface area contributed by atoms with Crippen LogP contribution in [0, 0.1) is 12.8 Å². The van der Waals surface area contributed by atoms with Crippen molar-refractivity contribution >= 4 is 11.3 Å². The Balaban J connectivity index is 1.68. The maximum atomic E-state index is 5.80. The first-order valence-corrected chi connectivity index (χ1v) is 7.00. The molecule has 1 aliphatic rings. The summed E-state index contributed by atoms with van der Waals surface area (Å²) in [5, 5.41) is 2.19. The fourth-order valence-electron chi connectivity index (χ4n) is 2.42. The lowest BCUT2D eigenvalue weighted by molar-refractivity contribution is 0.184. The molecule has 0 atom stereocenters. The Morgan fingerprint density at radius 1 is 1.50 bits per heavy atom. The predicted molar refractivity (Wildman–Crippen MR) is 71.0 cm³/mol. The first-order chi connectivity index (χ1) is 7.65. The van der Waals surface area contributed by atoms with Gasteiger partial charge in [0.25, 0.3) is 0 Å². The molecule has 0 spiro atoms. The van der Waals surface area contributed by atoms with E-state index in [-0.39, 0.29) is 0 Å². The van der Waals surface area contributed by atoms with Gasteiger partial charge in [-0.05, 0) is 56.2 Å². The zero-order chi connectivity index (χ0) is 11.5. The number of thiophene rings is 1. The summed E-state index contributed by atoms with van der Waals surface area (Å²) < 4.78 is 0. The molecule has 2 N–H and O–H groups in total. The van der Waals surface area contributed by atoms with E-state index in [1.807, 2.05) is 11.3 Å². The van der Waals surface area contributed by atoms with Gasteiger partial charge in [0.05, 0.1) is 0 Å². The molecule has 0 bridgehead atoms. The normalized spacial score (nSPS) is 24.8. The van der Waals surface area contributed by atoms with E-state index in [9.17, 15) is 0 Å². The van der Waals surface area contributed by atoms with Gasteiger partial charge in [0.1, 0.15) is 0 Å². The lowest BCUT2D eigenvalue weighted by Crippen LogP contribution is -2.42. The lowest BCUT2D eigenvalue weighted by Gasteiger charge is -2.35. The smallest absolute Gasteiger partial charge is 0.00871 e. The van der Waals surface area contributed by atoms with Gasteiger partial charge >= 0.3 is 0 Å². The number of likely N-dealkylation sites (N-methyl/N-ethyl adjacent to an activating group) is 1. The molecule has 1 saturated carbocycles. The molecular formula is C13H22N2S. The fraction of sp³-hybridized carbons (Fsp3) is 0.692. The number of aryl methyl sites for hydroxylation is 1. The second-order valence-electron chi connectivity index (χ2n) is 5.14. The molecule has 3 heteroatoms. The lowest BCUT2D eigenvalue weighted by atomic mass is 9.80. The topological polar surface area (TPSA) is 29.3 Å². The highest BCUT2D eigenvalue weighted by atomic mass is 32.1. The molecular weight excluding hydrogens is 216 g/mol. The van der Waals surface area contributed by atoms with Crippen molar-refractivity contribution in [3.05, 3.63) is 21.9 Å². The van der Waals surface area contributed by atoms with Crippen molar-refractivity contribution < 1.29 is 0 Å². The van der Waals surface area contributed by atoms with E-state index in [2.05, 4.69) is 30.3 Å². The quantitative estimate of drug-likeness (QED) is 0.852. The minimum atomic E-state index is 0.484. The van der Waals surface area contributed by atoms with Crippen molar-refractivity contribution in [1.29, 1.82) is 0 Å². The molecule has 16 heavy (non-hydrogen) atoms. The maximum absolute atomic E-state index is 5.80. The summed E-state index contributed by atoms with van der Waals surface area (Å²) in [5.74, 6) is 0.851. The average Bonchev–Trinajstić information content (AvgIpc) is 2.59. The molecule has 0 aromatic carbocycles. The monoisotopic (exact) mass is 238 g/mol. The molecule has 1 fully saturated rings. The molecule has 0 saturated heterocycles. The largest absolute Gasteiger partial charge is 0.328 e. The van der Waals surface area contributed by atoms with E-state index in [4.69, 9.17) is 5.73 Å². The van der Waals surface area contributed by atoms with Crippen molar-refractivity contribution in [2.75, 3.05) is 20.1 Å². The summed E-state index contributed by atoms with van der Waals surface area (Å²) in [6, 6.07) is 2.70. The first-order valence-electron chi connectivity index (χ1n) is 6.12. The first kappa shape index (κ1) is 12.1. The van der Waals surface area contributed by atoms with Gasteiger partial charge in [-0.1, -0.05) is 0 Å². The van der Waals surface area contributed by atoms with Crippen molar-refractivity contribution in [2.24, 2.45) is 11.7 Å². The van der Waals surface area contributed by atoms with Crippen LogP contribution in [0.25, 0.3) is 0 Å². The van der Waals surface area contributed by atoms with Crippen molar-refractivity contribution in [3.8, 4) is 0 Å². The van der Waals surface area contributed by atoms with E-state index < -0.39 is 0 Å². The van der Waals surface area contributed by atoms with Crippen LogP contribution >= 0.6 is 11.3 Å². The second-order valence-corrected chi connectivity index (χ2v) is 6.14. The van der Waals surface area contributed by atoms with E-state index >= 15 is 0 Å². The van der Waals surface area contributed by atoms with Crippen LogP contribution in [0.5, 0.6) is 0 Å². The van der Waals surface area contributed by atoms with Gasteiger partial charge in [-0.3, -0.25) is 0 Å². The maximum Gasteiger partial charge on any atom is 0.00871 e. The molecule has 1 aromatic rings. The van der Waals surface area contributed by atoms with Crippen LogP contribution in [0.3, 0.4) is 0 Å². The number of hydrogen-bond acceptors (Lipinski definition) is 3. The van der Waals surface area contributed by atoms with Crippen LogP contribution in [0.1, 0.15) is 23.3 Å². The van der Waals surface area contributed by atoms with Crippen molar-refractivity contribution in [3.63, 3.8) is 0 Å². The zero-order valence-electron chi connectivity index (χ0n) is 10.3. The summed E-state index contributed by atoms with van der Waals surface area (Å²) >= 11 is 1.88. The van der Waals surface area contributed by atoms with Gasteiger partial charge in [0, 0.05) is 24.0 Å². The SMILES string of the molecule is Cc1ccsc1CCN(C)CC1CC(N)C1. The Morgan fingerprint density at radius 2 is 2.25 bits per heavy atom. The van der Waals surface area contributed by atoms with Gasteiger partial charge in [0.15, 0.2) is 0 Å². The standard InChI is InChI=1S/C13H22N2S/c1-10-4-6-16-13(10)3-5-15(2)9-11-7-12(14)8-11/h4,6,11-12H,3,5,7-9,14H2,1-2H3. The fourth-order valence-corrected chi connectivity index (χ4v) is 3.32. The Kier molecular flexibility index (Phi) is 4.00. The highest BCUT2D eigenvalue weighted by Crippen LogP contribution is 2.26.